The molecule has 2 aromatic rings. The van der Waals surface area contributed by atoms with Crippen molar-refractivity contribution in [2.24, 2.45) is 5.92 Å². The standard InChI is InChI=1S/C18H18F2N2O3/c19-12-4-5-14(20)13(10-12)17(23)11-6-8-22(9-7-11)16-3-1-2-15(21-16)18(24)25/h1-5,10-11,17,23H,6-9H2,(H,24,25). The molecule has 1 saturated heterocycles. The van der Waals surface area contributed by atoms with Gasteiger partial charge in [0, 0.05) is 18.7 Å². The van der Waals surface area contributed by atoms with Crippen LogP contribution >= 0.6 is 0 Å². The molecule has 1 aromatic heterocycles. The molecule has 25 heavy (non-hydrogen) atoms. The van der Waals surface area contributed by atoms with Crippen molar-refractivity contribution in [3.63, 3.8) is 0 Å². The number of pyridine rings is 1. The van der Waals surface area contributed by atoms with Gasteiger partial charge >= 0.3 is 5.97 Å². The molecule has 1 unspecified atom stereocenters. The van der Waals surface area contributed by atoms with E-state index in [-0.39, 0.29) is 17.2 Å². The predicted molar refractivity (Wildman–Crippen MR) is 87.5 cm³/mol. The molecule has 1 aliphatic rings. The number of carbonyl (C=O) groups is 1. The van der Waals surface area contributed by atoms with E-state index in [1.54, 1.807) is 12.1 Å². The van der Waals surface area contributed by atoms with E-state index in [0.717, 1.165) is 18.2 Å². The Morgan fingerprint density at radius 2 is 1.92 bits per heavy atom. The van der Waals surface area contributed by atoms with E-state index in [0.29, 0.717) is 31.7 Å². The number of nitrogens with zero attached hydrogens (tertiary/aromatic N) is 2. The number of hydrogen-bond acceptors (Lipinski definition) is 4. The van der Waals surface area contributed by atoms with E-state index >= 15 is 0 Å². The van der Waals surface area contributed by atoms with E-state index in [4.69, 9.17) is 5.11 Å². The number of hydrogen-bond donors (Lipinski definition) is 2. The molecular weight excluding hydrogens is 330 g/mol. The number of piperidine rings is 1. The van der Waals surface area contributed by atoms with Gasteiger partial charge in [-0.05, 0) is 49.1 Å². The molecule has 132 valence electrons. The first-order valence-electron chi connectivity index (χ1n) is 8.04. The quantitative estimate of drug-likeness (QED) is 0.889. The Morgan fingerprint density at radius 3 is 2.60 bits per heavy atom. The molecule has 2 heterocycles. The van der Waals surface area contributed by atoms with Gasteiger partial charge in [-0.1, -0.05) is 6.07 Å². The highest BCUT2D eigenvalue weighted by molar-refractivity contribution is 5.85. The van der Waals surface area contributed by atoms with Crippen LogP contribution in [0, 0.1) is 17.6 Å². The average Bonchev–Trinajstić information content (AvgIpc) is 2.63. The molecule has 3 rings (SSSR count). The zero-order valence-electron chi connectivity index (χ0n) is 13.4. The summed E-state index contributed by atoms with van der Waals surface area (Å²) in [5.74, 6) is -1.93. The Hall–Kier alpha value is -2.54. The molecule has 1 aliphatic heterocycles. The number of carboxylic acid groups (broad SMARTS) is 1. The van der Waals surface area contributed by atoms with Crippen molar-refractivity contribution in [1.29, 1.82) is 0 Å². The fraction of sp³-hybridized carbons (Fsp3) is 0.333. The number of anilines is 1. The van der Waals surface area contributed by atoms with Gasteiger partial charge in [-0.2, -0.15) is 0 Å². The van der Waals surface area contributed by atoms with Crippen molar-refractivity contribution in [3.8, 4) is 0 Å². The fourth-order valence-electron chi connectivity index (χ4n) is 3.16. The fourth-order valence-corrected chi connectivity index (χ4v) is 3.16. The van der Waals surface area contributed by atoms with Crippen LogP contribution in [0.4, 0.5) is 14.6 Å². The Balaban J connectivity index is 1.68. The molecule has 5 nitrogen and oxygen atoms in total. The second-order valence-corrected chi connectivity index (χ2v) is 6.12. The lowest BCUT2D eigenvalue weighted by Crippen LogP contribution is -2.36. The van der Waals surface area contributed by atoms with Gasteiger partial charge < -0.3 is 15.1 Å². The Labute approximate surface area is 143 Å². The topological polar surface area (TPSA) is 73.7 Å². The minimum Gasteiger partial charge on any atom is -0.477 e. The zero-order chi connectivity index (χ0) is 18.0. The summed E-state index contributed by atoms with van der Waals surface area (Å²) in [6.07, 6.45) is 0.0582. The van der Waals surface area contributed by atoms with Crippen molar-refractivity contribution < 1.29 is 23.8 Å². The Bertz CT molecular complexity index is 777. The third-order valence-electron chi connectivity index (χ3n) is 4.54. The molecule has 2 N–H and O–H groups in total. The number of aliphatic hydroxyl groups is 1. The van der Waals surface area contributed by atoms with Gasteiger partial charge in [0.2, 0.25) is 0 Å². The van der Waals surface area contributed by atoms with Crippen LogP contribution in [0.5, 0.6) is 0 Å². The van der Waals surface area contributed by atoms with Gasteiger partial charge in [0.25, 0.3) is 0 Å². The second-order valence-electron chi connectivity index (χ2n) is 6.12. The maximum Gasteiger partial charge on any atom is 0.354 e. The second kappa shape index (κ2) is 7.14. The third kappa shape index (κ3) is 3.76. The molecule has 0 saturated carbocycles. The number of aliphatic hydroxyl groups excluding tert-OH is 1. The Morgan fingerprint density at radius 1 is 1.20 bits per heavy atom. The van der Waals surface area contributed by atoms with Crippen molar-refractivity contribution in [3.05, 3.63) is 59.3 Å². The van der Waals surface area contributed by atoms with Crippen LogP contribution in [0.1, 0.15) is 35.0 Å². The van der Waals surface area contributed by atoms with E-state index in [9.17, 15) is 18.7 Å². The summed E-state index contributed by atoms with van der Waals surface area (Å²) in [7, 11) is 0. The van der Waals surface area contributed by atoms with E-state index in [1.165, 1.54) is 6.07 Å². The number of rotatable bonds is 4. The zero-order valence-corrected chi connectivity index (χ0v) is 13.4. The van der Waals surface area contributed by atoms with E-state index < -0.39 is 23.7 Å². The molecule has 1 aromatic carbocycles. The summed E-state index contributed by atoms with van der Waals surface area (Å²) in [6.45, 7) is 1.10. The van der Waals surface area contributed by atoms with Gasteiger partial charge in [0.05, 0.1) is 6.10 Å². The third-order valence-corrected chi connectivity index (χ3v) is 4.54. The summed E-state index contributed by atoms with van der Waals surface area (Å²) in [5, 5.41) is 19.4. The van der Waals surface area contributed by atoms with Crippen molar-refractivity contribution in [1.82, 2.24) is 4.98 Å². The average molecular weight is 348 g/mol. The molecule has 0 bridgehead atoms. The summed E-state index contributed by atoms with van der Waals surface area (Å²) in [5.41, 5.74) is -0.0501. The lowest BCUT2D eigenvalue weighted by Gasteiger charge is -2.35. The SMILES string of the molecule is O=C(O)c1cccc(N2CCC(C(O)c3cc(F)ccc3F)CC2)n1. The number of carboxylic acids is 1. The minimum absolute atomic E-state index is 0.0237. The highest BCUT2D eigenvalue weighted by Crippen LogP contribution is 2.33. The summed E-state index contributed by atoms with van der Waals surface area (Å²) < 4.78 is 27.2. The van der Waals surface area contributed by atoms with Gasteiger partial charge in [0.1, 0.15) is 17.5 Å². The van der Waals surface area contributed by atoms with Crippen LogP contribution < -0.4 is 4.90 Å². The van der Waals surface area contributed by atoms with Crippen molar-refractivity contribution in [2.75, 3.05) is 18.0 Å². The summed E-state index contributed by atoms with van der Waals surface area (Å²) in [6, 6.07) is 7.86. The summed E-state index contributed by atoms with van der Waals surface area (Å²) >= 11 is 0. The van der Waals surface area contributed by atoms with Gasteiger partial charge in [-0.25, -0.2) is 18.6 Å². The van der Waals surface area contributed by atoms with Crippen LogP contribution in [0.15, 0.2) is 36.4 Å². The van der Waals surface area contributed by atoms with E-state index in [1.807, 2.05) is 4.90 Å². The maximum absolute atomic E-state index is 13.8. The molecule has 0 amide bonds. The summed E-state index contributed by atoms with van der Waals surface area (Å²) in [4.78, 5) is 17.0. The van der Waals surface area contributed by atoms with Crippen LogP contribution in [0.25, 0.3) is 0 Å². The molecule has 0 aliphatic carbocycles. The first-order valence-corrected chi connectivity index (χ1v) is 8.04. The van der Waals surface area contributed by atoms with E-state index in [2.05, 4.69) is 4.98 Å². The highest BCUT2D eigenvalue weighted by atomic mass is 19.1. The molecule has 1 fully saturated rings. The predicted octanol–water partition coefficient (Wildman–Crippen LogP) is 3.01. The lowest BCUT2D eigenvalue weighted by molar-refractivity contribution is 0.0690. The number of aromatic nitrogens is 1. The van der Waals surface area contributed by atoms with Crippen LogP contribution in [-0.4, -0.2) is 34.3 Å². The van der Waals surface area contributed by atoms with Gasteiger partial charge in [0.15, 0.2) is 5.69 Å². The smallest absolute Gasteiger partial charge is 0.354 e. The highest BCUT2D eigenvalue weighted by Gasteiger charge is 2.28. The van der Waals surface area contributed by atoms with Crippen molar-refractivity contribution in [2.45, 2.75) is 18.9 Å². The molecule has 0 radical (unpaired) electrons. The monoisotopic (exact) mass is 348 g/mol. The van der Waals surface area contributed by atoms with Crippen LogP contribution in [0.3, 0.4) is 0 Å². The van der Waals surface area contributed by atoms with Crippen LogP contribution in [-0.2, 0) is 0 Å². The van der Waals surface area contributed by atoms with Crippen LogP contribution in [0.2, 0.25) is 0 Å². The maximum atomic E-state index is 13.8. The first kappa shape index (κ1) is 17.3. The lowest BCUT2D eigenvalue weighted by atomic mass is 9.87. The largest absolute Gasteiger partial charge is 0.477 e. The number of halogens is 2. The normalized spacial score (nSPS) is 16.7. The molecule has 7 heteroatoms. The Kier molecular flexibility index (Phi) is 4.94. The van der Waals surface area contributed by atoms with Gasteiger partial charge in [-0.3, -0.25) is 0 Å². The number of benzene rings is 1. The number of aromatic carboxylic acids is 1. The minimum atomic E-state index is -1.09. The molecular formula is C18H18F2N2O3. The first-order chi connectivity index (χ1) is 12.0. The molecule has 0 spiro atoms. The van der Waals surface area contributed by atoms with Gasteiger partial charge in [-0.15, -0.1) is 0 Å². The van der Waals surface area contributed by atoms with Crippen molar-refractivity contribution >= 4 is 11.8 Å². The molecule has 1 atom stereocenters.